The normalized spacial score (nSPS) is 11.2. The Labute approximate surface area is 266 Å². The number of methoxy groups -OCH3 is 2. The first-order valence-corrected chi connectivity index (χ1v) is 14.4. The number of urea groups is 1. The Morgan fingerprint density at radius 3 is 2.16 bits per heavy atom. The number of carbonyl (C=O) groups excluding carboxylic acids is 2. The molecule has 4 rings (SSSR count). The molecule has 10 heteroatoms. The van der Waals surface area contributed by atoms with E-state index in [4.69, 9.17) is 44.3 Å². The molecule has 0 saturated carbocycles. The van der Waals surface area contributed by atoms with Gasteiger partial charge in [-0.3, -0.25) is 4.79 Å². The van der Waals surface area contributed by atoms with Crippen molar-refractivity contribution in [2.45, 2.75) is 19.6 Å². The highest BCUT2D eigenvalue weighted by atomic mass is 35.5. The van der Waals surface area contributed by atoms with E-state index in [0.717, 1.165) is 16.7 Å². The van der Waals surface area contributed by atoms with E-state index in [1.807, 2.05) is 49.4 Å². The summed E-state index contributed by atoms with van der Waals surface area (Å²) < 4.78 is 10.3. The van der Waals surface area contributed by atoms with E-state index in [9.17, 15) is 9.59 Å². The van der Waals surface area contributed by atoms with Gasteiger partial charge in [-0.25, -0.2) is 4.79 Å². The maximum atomic E-state index is 13.2. The van der Waals surface area contributed by atoms with E-state index >= 15 is 0 Å². The van der Waals surface area contributed by atoms with Crippen LogP contribution >= 0.6 is 34.8 Å². The molecule has 0 aliphatic heterocycles. The van der Waals surface area contributed by atoms with E-state index in [-0.39, 0.29) is 12.3 Å². The summed E-state index contributed by atoms with van der Waals surface area (Å²) in [6.07, 6.45) is 1.35. The number of ketones is 1. The van der Waals surface area contributed by atoms with Gasteiger partial charge in [0.15, 0.2) is 12.1 Å². The van der Waals surface area contributed by atoms with Gasteiger partial charge in [-0.1, -0.05) is 83.3 Å². The molecular formula is C33H30Cl3N3O4. The molecule has 0 radical (unpaired) electrons. The SMILES string of the molecule is COC(CNC(=O)N(N=Cc1ccccc1)c1cc(Cl)c(Cc2ccc(C(=O)c3ccc(Cl)cc3)c(C)c2)c(Cl)c1)OC. The summed E-state index contributed by atoms with van der Waals surface area (Å²) in [5.74, 6) is -0.0853. The van der Waals surface area contributed by atoms with Crippen LogP contribution in [0.3, 0.4) is 0 Å². The monoisotopic (exact) mass is 637 g/mol. The molecule has 4 aromatic carbocycles. The van der Waals surface area contributed by atoms with Crippen molar-refractivity contribution < 1.29 is 19.1 Å². The average Bonchev–Trinajstić information content (AvgIpc) is 3.00. The first kappa shape index (κ1) is 32.2. The highest BCUT2D eigenvalue weighted by Crippen LogP contribution is 2.33. The fraction of sp³-hybridized carbons (Fsp3) is 0.182. The van der Waals surface area contributed by atoms with Gasteiger partial charge in [0.05, 0.1) is 18.4 Å². The van der Waals surface area contributed by atoms with Crippen LogP contribution in [0.5, 0.6) is 0 Å². The molecule has 0 aliphatic rings. The molecule has 0 atom stereocenters. The molecule has 7 nitrogen and oxygen atoms in total. The number of ether oxygens (including phenoxy) is 2. The summed E-state index contributed by atoms with van der Waals surface area (Å²) in [7, 11) is 2.97. The number of nitrogens with zero attached hydrogens (tertiary/aromatic N) is 2. The van der Waals surface area contributed by atoms with Gasteiger partial charge >= 0.3 is 6.03 Å². The Balaban J connectivity index is 1.58. The van der Waals surface area contributed by atoms with Gasteiger partial charge in [-0.2, -0.15) is 10.1 Å². The van der Waals surface area contributed by atoms with Crippen LogP contribution in [0, 0.1) is 6.92 Å². The summed E-state index contributed by atoms with van der Waals surface area (Å²) in [5.41, 5.74) is 4.75. The zero-order valence-electron chi connectivity index (χ0n) is 23.8. The van der Waals surface area contributed by atoms with Crippen LogP contribution in [0.25, 0.3) is 0 Å². The lowest BCUT2D eigenvalue weighted by Gasteiger charge is -2.21. The van der Waals surface area contributed by atoms with Gasteiger partial charge in [0.25, 0.3) is 0 Å². The molecule has 2 amide bonds. The van der Waals surface area contributed by atoms with Crippen molar-refractivity contribution in [3.63, 3.8) is 0 Å². The molecule has 0 unspecified atom stereocenters. The van der Waals surface area contributed by atoms with Gasteiger partial charge in [0.2, 0.25) is 0 Å². The molecule has 0 spiro atoms. The number of carbonyl (C=O) groups is 2. The number of halogens is 3. The molecule has 222 valence electrons. The van der Waals surface area contributed by atoms with Crippen LogP contribution in [-0.2, 0) is 15.9 Å². The number of rotatable bonds is 11. The molecule has 0 heterocycles. The van der Waals surface area contributed by atoms with Gasteiger partial charge in [-0.05, 0) is 65.6 Å². The van der Waals surface area contributed by atoms with E-state index in [1.165, 1.54) is 19.2 Å². The molecule has 4 aromatic rings. The summed E-state index contributed by atoms with van der Waals surface area (Å²) in [5, 5.41) is 9.64. The lowest BCUT2D eigenvalue weighted by molar-refractivity contribution is -0.0970. The minimum absolute atomic E-state index is 0.0853. The second-order valence-electron chi connectivity index (χ2n) is 9.60. The largest absolute Gasteiger partial charge is 0.354 e. The number of hydrazone groups is 1. The second kappa shape index (κ2) is 15.1. The number of hydrogen-bond acceptors (Lipinski definition) is 5. The Bertz CT molecular complexity index is 1580. The maximum Gasteiger partial charge on any atom is 0.342 e. The summed E-state index contributed by atoms with van der Waals surface area (Å²) in [4.78, 5) is 26.2. The van der Waals surface area contributed by atoms with E-state index in [2.05, 4.69) is 10.4 Å². The molecule has 0 aromatic heterocycles. The van der Waals surface area contributed by atoms with Crippen LogP contribution in [0.15, 0.2) is 90.0 Å². The lowest BCUT2D eigenvalue weighted by Crippen LogP contribution is -2.41. The smallest absolute Gasteiger partial charge is 0.342 e. The van der Waals surface area contributed by atoms with Crippen LogP contribution in [0.4, 0.5) is 10.5 Å². The van der Waals surface area contributed by atoms with Crippen molar-refractivity contribution >= 4 is 58.5 Å². The Hall–Kier alpha value is -3.72. The van der Waals surface area contributed by atoms with Gasteiger partial charge in [0, 0.05) is 46.8 Å². The highest BCUT2D eigenvalue weighted by molar-refractivity contribution is 6.36. The average molecular weight is 639 g/mol. The highest BCUT2D eigenvalue weighted by Gasteiger charge is 2.20. The Morgan fingerprint density at radius 1 is 0.907 bits per heavy atom. The van der Waals surface area contributed by atoms with Crippen LogP contribution in [0.1, 0.15) is 38.2 Å². The molecule has 0 aliphatic carbocycles. The number of anilines is 1. The molecular weight excluding hydrogens is 609 g/mol. The van der Waals surface area contributed by atoms with Crippen LogP contribution in [-0.4, -0.2) is 45.1 Å². The third-order valence-electron chi connectivity index (χ3n) is 6.65. The zero-order chi connectivity index (χ0) is 30.9. The quantitative estimate of drug-likeness (QED) is 0.0783. The minimum Gasteiger partial charge on any atom is -0.354 e. The van der Waals surface area contributed by atoms with Crippen LogP contribution in [0.2, 0.25) is 15.1 Å². The van der Waals surface area contributed by atoms with Crippen molar-refractivity contribution in [1.82, 2.24) is 5.32 Å². The number of nitrogens with one attached hydrogen (secondary N) is 1. The third kappa shape index (κ3) is 8.44. The predicted molar refractivity (Wildman–Crippen MR) is 173 cm³/mol. The zero-order valence-corrected chi connectivity index (χ0v) is 26.1. The third-order valence-corrected chi connectivity index (χ3v) is 7.58. The second-order valence-corrected chi connectivity index (χ2v) is 10.9. The summed E-state index contributed by atoms with van der Waals surface area (Å²) in [6, 6.07) is 24.5. The lowest BCUT2D eigenvalue weighted by atomic mass is 9.95. The van der Waals surface area contributed by atoms with Gasteiger partial charge in [0.1, 0.15) is 0 Å². The van der Waals surface area contributed by atoms with Crippen molar-refractivity contribution in [3.8, 4) is 0 Å². The number of benzene rings is 4. The van der Waals surface area contributed by atoms with Crippen LogP contribution < -0.4 is 10.3 Å². The topological polar surface area (TPSA) is 80.2 Å². The number of hydrogen-bond donors (Lipinski definition) is 1. The molecule has 1 N–H and O–H groups in total. The maximum absolute atomic E-state index is 13.2. The molecule has 0 saturated heterocycles. The van der Waals surface area contributed by atoms with Crippen molar-refractivity contribution in [1.29, 1.82) is 0 Å². The van der Waals surface area contributed by atoms with E-state index < -0.39 is 12.3 Å². The van der Waals surface area contributed by atoms with Gasteiger partial charge in [-0.15, -0.1) is 0 Å². The van der Waals surface area contributed by atoms with Crippen molar-refractivity contribution in [2.24, 2.45) is 5.10 Å². The summed E-state index contributed by atoms with van der Waals surface area (Å²) >= 11 is 19.4. The van der Waals surface area contributed by atoms with Crippen molar-refractivity contribution in [3.05, 3.63) is 133 Å². The van der Waals surface area contributed by atoms with Gasteiger partial charge < -0.3 is 14.8 Å². The van der Waals surface area contributed by atoms with E-state index in [1.54, 1.807) is 48.7 Å². The fourth-order valence-electron chi connectivity index (χ4n) is 4.34. The predicted octanol–water partition coefficient (Wildman–Crippen LogP) is 7.95. The first-order chi connectivity index (χ1) is 20.7. The molecule has 0 fully saturated rings. The first-order valence-electron chi connectivity index (χ1n) is 13.3. The minimum atomic E-state index is -0.630. The summed E-state index contributed by atoms with van der Waals surface area (Å²) in [6.45, 7) is 1.98. The number of aryl methyl sites for hydroxylation is 1. The fourth-order valence-corrected chi connectivity index (χ4v) is 5.08. The van der Waals surface area contributed by atoms with Crippen molar-refractivity contribution in [2.75, 3.05) is 25.8 Å². The number of amides is 2. The Morgan fingerprint density at radius 2 is 1.56 bits per heavy atom. The molecule has 0 bridgehead atoms. The van der Waals surface area contributed by atoms with E-state index in [0.29, 0.717) is 43.9 Å². The molecule has 43 heavy (non-hydrogen) atoms. The Kier molecular flexibility index (Phi) is 11.3. The standard InChI is InChI=1S/C33H30Cl3N3O4/c1-21-15-23(9-14-27(21)32(40)24-10-12-25(34)13-11-24)16-28-29(35)17-26(18-30(28)36)39(33(41)37-20-31(42-2)43-3)38-19-22-7-5-4-6-8-22/h4-15,17-19,31H,16,20H2,1-3H3,(H,37,41).